The number of hydrogen-bond donors (Lipinski definition) is 0. The van der Waals surface area contributed by atoms with Gasteiger partial charge in [-0.25, -0.2) is 4.79 Å². The number of alkyl halides is 3. The van der Waals surface area contributed by atoms with Gasteiger partial charge < -0.3 is 0 Å². The molecular weight excluding hydrogens is 488 g/mol. The highest BCUT2D eigenvalue weighted by Gasteiger charge is 2.20. The molecule has 0 saturated heterocycles. The van der Waals surface area contributed by atoms with E-state index in [-0.39, 0.29) is 19.8 Å². The third-order valence-electron chi connectivity index (χ3n) is 2.17. The van der Waals surface area contributed by atoms with Crippen molar-refractivity contribution in [3.63, 3.8) is 0 Å². The lowest BCUT2D eigenvalue weighted by molar-refractivity contribution is 0.578. The average molecular weight is 498 g/mol. The smallest absolute Gasteiger partial charge is 0.293 e. The molecule has 0 saturated carbocycles. The van der Waals surface area contributed by atoms with Crippen LogP contribution in [0.25, 0.3) is 0 Å². The van der Waals surface area contributed by atoms with Crippen LogP contribution in [0.3, 0.4) is 0 Å². The van der Waals surface area contributed by atoms with Gasteiger partial charge in [-0.05, 0) is 15.9 Å². The van der Waals surface area contributed by atoms with Gasteiger partial charge in [0.2, 0.25) is 0 Å². The molecule has 0 spiro atoms. The van der Waals surface area contributed by atoms with E-state index in [1.807, 2.05) is 6.92 Å². The lowest BCUT2D eigenvalue weighted by Gasteiger charge is -2.17. The first kappa shape index (κ1) is 15.7. The molecule has 0 aliphatic carbocycles. The molecule has 4 nitrogen and oxygen atoms in total. The predicted molar refractivity (Wildman–Crippen MR) is 82.6 cm³/mol. The van der Waals surface area contributed by atoms with E-state index in [0.29, 0.717) is 16.7 Å². The molecule has 0 N–H and O–H groups in total. The number of hydrogen-bond acceptors (Lipinski definition) is 2. The van der Waals surface area contributed by atoms with E-state index in [4.69, 9.17) is 0 Å². The molecule has 1 rings (SSSR count). The third-order valence-corrected chi connectivity index (χ3v) is 4.07. The highest BCUT2D eigenvalue weighted by atomic mass is 79.9. The van der Waals surface area contributed by atoms with Crippen LogP contribution in [-0.2, 0) is 13.6 Å². The van der Waals surface area contributed by atoms with Crippen LogP contribution in [0.1, 0.15) is 16.4 Å². The van der Waals surface area contributed by atoms with E-state index in [9.17, 15) is 9.59 Å². The largest absolute Gasteiger partial charge is 0.331 e. The Bertz CT molecular complexity index is 533. The minimum atomic E-state index is -0.340. The maximum Gasteiger partial charge on any atom is 0.331 e. The van der Waals surface area contributed by atoms with E-state index in [2.05, 4.69) is 63.7 Å². The zero-order valence-corrected chi connectivity index (χ0v) is 15.4. The molecule has 0 bridgehead atoms. The molecule has 1 atom stereocenters. The quantitative estimate of drug-likeness (QED) is 0.603. The first-order valence-corrected chi connectivity index (χ1v) is 8.22. The monoisotopic (exact) mass is 494 g/mol. The molecule has 1 aromatic heterocycles. The molecule has 0 aliphatic heterocycles. The molecule has 1 aromatic rings. The van der Waals surface area contributed by atoms with Gasteiger partial charge in [-0.3, -0.25) is 13.9 Å². The number of rotatable bonds is 3. The Morgan fingerprint density at radius 2 is 1.76 bits per heavy atom. The van der Waals surface area contributed by atoms with Crippen molar-refractivity contribution >= 4 is 63.7 Å². The topological polar surface area (TPSA) is 44.0 Å². The van der Waals surface area contributed by atoms with Gasteiger partial charge in [0.05, 0.1) is 5.69 Å². The summed E-state index contributed by atoms with van der Waals surface area (Å²) in [5.74, 6) is 0. The van der Waals surface area contributed by atoms with Crippen LogP contribution in [0, 0.1) is 0 Å². The zero-order valence-electron chi connectivity index (χ0n) is 9.08. The van der Waals surface area contributed by atoms with Gasteiger partial charge in [0.1, 0.15) is 8.21 Å². The summed E-state index contributed by atoms with van der Waals surface area (Å²) >= 11 is 13.3. The van der Waals surface area contributed by atoms with Crippen molar-refractivity contribution in [2.24, 2.45) is 7.05 Å². The number of nitrogens with zero attached hydrogens (tertiary/aromatic N) is 2. The Balaban J connectivity index is 3.66. The van der Waals surface area contributed by atoms with Crippen molar-refractivity contribution in [2.75, 3.05) is 0 Å². The summed E-state index contributed by atoms with van der Waals surface area (Å²) in [6.07, 6.45) is 0. The van der Waals surface area contributed by atoms with Crippen LogP contribution >= 0.6 is 63.7 Å². The Hall–Kier alpha value is 0.600. The Kier molecular flexibility index (Phi) is 5.68. The SMILES string of the molecule is CC(Br)Cn1c(C(Br)Br)c(Br)c(=O)n(C)c1=O. The Labute approximate surface area is 132 Å². The number of aromatic nitrogens is 2. The molecule has 1 unspecified atom stereocenters. The van der Waals surface area contributed by atoms with Gasteiger partial charge in [0.25, 0.3) is 5.56 Å². The average Bonchev–Trinajstić information content (AvgIpc) is 2.22. The fraction of sp³-hybridized carbons (Fsp3) is 0.556. The summed E-state index contributed by atoms with van der Waals surface area (Å²) in [4.78, 5) is 24.0. The summed E-state index contributed by atoms with van der Waals surface area (Å²) in [5.41, 5.74) is -0.0832. The van der Waals surface area contributed by atoms with Gasteiger partial charge in [0, 0.05) is 18.4 Å². The summed E-state index contributed by atoms with van der Waals surface area (Å²) in [6, 6.07) is 0. The highest BCUT2D eigenvalue weighted by molar-refractivity contribution is 9.24. The summed E-state index contributed by atoms with van der Waals surface area (Å²) in [5, 5.41) is 0. The fourth-order valence-corrected chi connectivity index (χ4v) is 3.95. The number of halogens is 4. The van der Waals surface area contributed by atoms with Crippen molar-refractivity contribution in [2.45, 2.75) is 22.0 Å². The maximum absolute atomic E-state index is 12.0. The van der Waals surface area contributed by atoms with Crippen LogP contribution < -0.4 is 11.2 Å². The van der Waals surface area contributed by atoms with Crippen LogP contribution in [0.15, 0.2) is 14.1 Å². The highest BCUT2D eigenvalue weighted by Crippen LogP contribution is 2.32. The van der Waals surface area contributed by atoms with Gasteiger partial charge in [-0.1, -0.05) is 54.7 Å². The van der Waals surface area contributed by atoms with Crippen LogP contribution in [0.4, 0.5) is 0 Å². The minimum Gasteiger partial charge on any atom is -0.293 e. The van der Waals surface area contributed by atoms with Gasteiger partial charge in [-0.15, -0.1) is 0 Å². The summed E-state index contributed by atoms with van der Waals surface area (Å²) < 4.78 is 2.76. The van der Waals surface area contributed by atoms with Gasteiger partial charge in [-0.2, -0.15) is 0 Å². The molecule has 8 heteroatoms. The first-order chi connectivity index (χ1) is 7.77. The maximum atomic E-state index is 12.0. The summed E-state index contributed by atoms with van der Waals surface area (Å²) in [6.45, 7) is 2.42. The van der Waals surface area contributed by atoms with Crippen LogP contribution in [0.5, 0.6) is 0 Å². The second-order valence-electron chi connectivity index (χ2n) is 3.54. The van der Waals surface area contributed by atoms with E-state index >= 15 is 0 Å². The van der Waals surface area contributed by atoms with Crippen molar-refractivity contribution in [3.8, 4) is 0 Å². The molecule has 0 aromatic carbocycles. The standard InChI is InChI=1S/C9H10Br4N2O2/c1-4(10)3-15-6(7(12)13)5(11)8(16)14(2)9(15)17/h4,7H,3H2,1-2H3. The molecule has 0 radical (unpaired) electrons. The lowest BCUT2D eigenvalue weighted by atomic mass is 10.4. The molecule has 1 heterocycles. The van der Waals surface area contributed by atoms with Crippen molar-refractivity contribution in [1.82, 2.24) is 9.13 Å². The lowest BCUT2D eigenvalue weighted by Crippen LogP contribution is -2.41. The van der Waals surface area contributed by atoms with E-state index in [1.165, 1.54) is 7.05 Å². The second kappa shape index (κ2) is 6.16. The summed E-state index contributed by atoms with van der Waals surface area (Å²) in [7, 11) is 1.46. The molecule has 0 fully saturated rings. The fourth-order valence-electron chi connectivity index (χ4n) is 1.39. The second-order valence-corrected chi connectivity index (χ2v) is 8.95. The van der Waals surface area contributed by atoms with Crippen molar-refractivity contribution < 1.29 is 0 Å². The molecular formula is C9H10Br4N2O2. The minimum absolute atomic E-state index is 0.127. The molecule has 0 amide bonds. The first-order valence-electron chi connectivity index (χ1n) is 4.68. The van der Waals surface area contributed by atoms with Crippen LogP contribution in [0.2, 0.25) is 0 Å². The third kappa shape index (κ3) is 3.33. The molecule has 17 heavy (non-hydrogen) atoms. The molecule has 0 aliphatic rings. The van der Waals surface area contributed by atoms with E-state index < -0.39 is 0 Å². The van der Waals surface area contributed by atoms with Crippen LogP contribution in [-0.4, -0.2) is 14.0 Å². The Morgan fingerprint density at radius 1 is 1.24 bits per heavy atom. The van der Waals surface area contributed by atoms with E-state index in [1.54, 1.807) is 4.57 Å². The van der Waals surface area contributed by atoms with Gasteiger partial charge >= 0.3 is 5.69 Å². The van der Waals surface area contributed by atoms with Crippen molar-refractivity contribution in [1.29, 1.82) is 0 Å². The van der Waals surface area contributed by atoms with E-state index in [0.717, 1.165) is 4.57 Å². The van der Waals surface area contributed by atoms with Crippen molar-refractivity contribution in [3.05, 3.63) is 31.0 Å². The van der Waals surface area contributed by atoms with Gasteiger partial charge in [0.15, 0.2) is 0 Å². The molecule has 96 valence electrons. The normalized spacial score (nSPS) is 13.1. The predicted octanol–water partition coefficient (Wildman–Crippen LogP) is 2.88. The Morgan fingerprint density at radius 3 is 2.18 bits per heavy atom. The zero-order chi connectivity index (χ0) is 13.3.